The van der Waals surface area contributed by atoms with Crippen LogP contribution in [0.15, 0.2) is 12.1 Å². The number of methoxy groups -OCH3 is 1. The van der Waals surface area contributed by atoms with Gasteiger partial charge in [-0.1, -0.05) is 6.92 Å². The number of ether oxygens (including phenoxy) is 2. The summed E-state index contributed by atoms with van der Waals surface area (Å²) in [4.78, 5) is 0. The normalized spacial score (nSPS) is 20.3. The van der Waals surface area contributed by atoms with Crippen LogP contribution < -0.4 is 14.8 Å². The molecule has 1 fully saturated rings. The van der Waals surface area contributed by atoms with E-state index in [-0.39, 0.29) is 11.9 Å². The summed E-state index contributed by atoms with van der Waals surface area (Å²) in [5.41, 5.74) is 0. The van der Waals surface area contributed by atoms with E-state index in [4.69, 9.17) is 9.47 Å². The summed E-state index contributed by atoms with van der Waals surface area (Å²) in [6.07, 6.45) is 1.73. The fourth-order valence-corrected chi connectivity index (χ4v) is 2.46. The van der Waals surface area contributed by atoms with Crippen LogP contribution in [-0.4, -0.2) is 26.3 Å². The fourth-order valence-electron chi connectivity index (χ4n) is 2.46. The molecular weight excluding hydrogens is 252 g/mol. The first kappa shape index (κ1) is 14.1. The molecule has 1 aliphatic heterocycles. The predicted molar refractivity (Wildman–Crippen MR) is 68.6 cm³/mol. The van der Waals surface area contributed by atoms with E-state index in [0.29, 0.717) is 5.92 Å². The monoisotopic (exact) mass is 271 g/mol. The quantitative estimate of drug-likeness (QED) is 0.893. The molecule has 1 unspecified atom stereocenters. The predicted octanol–water partition coefficient (Wildman–Crippen LogP) is 2.74. The van der Waals surface area contributed by atoms with Crippen LogP contribution in [-0.2, 0) is 0 Å². The van der Waals surface area contributed by atoms with Crippen molar-refractivity contribution < 1.29 is 18.3 Å². The van der Waals surface area contributed by atoms with E-state index in [1.165, 1.54) is 13.2 Å². The van der Waals surface area contributed by atoms with Gasteiger partial charge in [0.25, 0.3) is 0 Å². The summed E-state index contributed by atoms with van der Waals surface area (Å²) in [6, 6.07) is 2.48. The molecule has 1 aromatic rings. The molecule has 1 N–H and O–H groups in total. The Morgan fingerprint density at radius 3 is 2.79 bits per heavy atom. The molecule has 5 heteroatoms. The molecule has 0 spiro atoms. The Morgan fingerprint density at radius 1 is 1.42 bits per heavy atom. The maximum absolute atomic E-state index is 14.0. The van der Waals surface area contributed by atoms with Crippen molar-refractivity contribution in [3.05, 3.63) is 23.8 Å². The van der Waals surface area contributed by atoms with Gasteiger partial charge in [-0.05, 0) is 31.5 Å². The van der Waals surface area contributed by atoms with Gasteiger partial charge in [0.2, 0.25) is 5.82 Å². The van der Waals surface area contributed by atoms with Crippen molar-refractivity contribution in [2.45, 2.75) is 25.9 Å². The molecule has 2 rings (SSSR count). The van der Waals surface area contributed by atoms with E-state index in [1.807, 2.05) is 6.92 Å². The van der Waals surface area contributed by atoms with Gasteiger partial charge in [-0.25, -0.2) is 4.39 Å². The van der Waals surface area contributed by atoms with Crippen molar-refractivity contribution in [2.24, 2.45) is 5.92 Å². The highest BCUT2D eigenvalue weighted by molar-refractivity contribution is 5.37. The zero-order chi connectivity index (χ0) is 13.8. The number of hydrogen-bond acceptors (Lipinski definition) is 3. The Balaban J connectivity index is 2.17. The highest BCUT2D eigenvalue weighted by Crippen LogP contribution is 2.31. The second-order valence-corrected chi connectivity index (χ2v) is 4.71. The molecule has 106 valence electrons. The minimum absolute atomic E-state index is 0.0528. The third-order valence-electron chi connectivity index (χ3n) is 3.52. The van der Waals surface area contributed by atoms with Gasteiger partial charge in [-0.15, -0.1) is 0 Å². The number of hydrogen-bond donors (Lipinski definition) is 1. The van der Waals surface area contributed by atoms with Gasteiger partial charge in [0.05, 0.1) is 7.11 Å². The van der Waals surface area contributed by atoms with Crippen LogP contribution in [0.1, 0.15) is 19.8 Å². The third kappa shape index (κ3) is 2.97. The van der Waals surface area contributed by atoms with Crippen molar-refractivity contribution in [1.82, 2.24) is 5.32 Å². The molecule has 0 bridgehead atoms. The van der Waals surface area contributed by atoms with Gasteiger partial charge in [-0.3, -0.25) is 0 Å². The standard InChI is InChI=1S/C14H19F2NO2/c1-3-11(9-6-7-17-8-9)19-12-5-4-10(15)14(18-2)13(12)16/h4-5,9,11,17H,3,6-8H2,1-2H3/t9?,11-/m0/s1. The van der Waals surface area contributed by atoms with Crippen LogP contribution in [0, 0.1) is 17.6 Å². The minimum Gasteiger partial charge on any atom is -0.491 e. The first-order chi connectivity index (χ1) is 9.17. The molecule has 1 heterocycles. The van der Waals surface area contributed by atoms with E-state index in [2.05, 4.69) is 5.32 Å². The summed E-state index contributed by atoms with van der Waals surface area (Å²) in [6.45, 7) is 3.83. The SMILES string of the molecule is CC[C@H](Oc1ccc(F)c(OC)c1F)C1CCNC1. The van der Waals surface area contributed by atoms with Crippen LogP contribution in [0.25, 0.3) is 0 Å². The number of halogens is 2. The van der Waals surface area contributed by atoms with Gasteiger partial charge in [0.1, 0.15) is 6.10 Å². The molecule has 3 nitrogen and oxygen atoms in total. The maximum Gasteiger partial charge on any atom is 0.209 e. The summed E-state index contributed by atoms with van der Waals surface area (Å²) in [5, 5.41) is 3.26. The molecule has 0 radical (unpaired) electrons. The lowest BCUT2D eigenvalue weighted by Crippen LogP contribution is -2.28. The van der Waals surface area contributed by atoms with E-state index in [9.17, 15) is 8.78 Å². The summed E-state index contributed by atoms with van der Waals surface area (Å²) < 4.78 is 37.8. The second kappa shape index (κ2) is 6.19. The highest BCUT2D eigenvalue weighted by Gasteiger charge is 2.26. The van der Waals surface area contributed by atoms with Crippen molar-refractivity contribution >= 4 is 0 Å². The Kier molecular flexibility index (Phi) is 4.58. The molecule has 19 heavy (non-hydrogen) atoms. The average molecular weight is 271 g/mol. The Bertz CT molecular complexity index is 434. The fraction of sp³-hybridized carbons (Fsp3) is 0.571. The van der Waals surface area contributed by atoms with E-state index >= 15 is 0 Å². The van der Waals surface area contributed by atoms with E-state index < -0.39 is 17.4 Å². The van der Waals surface area contributed by atoms with Crippen molar-refractivity contribution in [1.29, 1.82) is 0 Å². The topological polar surface area (TPSA) is 30.5 Å². The lowest BCUT2D eigenvalue weighted by Gasteiger charge is -2.23. The molecule has 0 aliphatic carbocycles. The molecule has 1 aromatic carbocycles. The smallest absolute Gasteiger partial charge is 0.209 e. The van der Waals surface area contributed by atoms with Gasteiger partial charge in [0, 0.05) is 12.5 Å². The lowest BCUT2D eigenvalue weighted by atomic mass is 9.99. The van der Waals surface area contributed by atoms with E-state index in [0.717, 1.165) is 32.0 Å². The van der Waals surface area contributed by atoms with Crippen molar-refractivity contribution in [2.75, 3.05) is 20.2 Å². The molecule has 0 amide bonds. The van der Waals surface area contributed by atoms with Crippen molar-refractivity contribution in [3.63, 3.8) is 0 Å². The molecular formula is C14H19F2NO2. The zero-order valence-electron chi connectivity index (χ0n) is 11.2. The van der Waals surface area contributed by atoms with E-state index in [1.54, 1.807) is 0 Å². The van der Waals surface area contributed by atoms with Crippen LogP contribution >= 0.6 is 0 Å². The number of rotatable bonds is 5. The first-order valence-corrected chi connectivity index (χ1v) is 6.56. The van der Waals surface area contributed by atoms with Gasteiger partial charge >= 0.3 is 0 Å². The molecule has 0 saturated carbocycles. The number of nitrogens with one attached hydrogen (secondary N) is 1. The van der Waals surface area contributed by atoms with Crippen molar-refractivity contribution in [3.8, 4) is 11.5 Å². The van der Waals surface area contributed by atoms with Gasteiger partial charge < -0.3 is 14.8 Å². The van der Waals surface area contributed by atoms with Crippen LogP contribution in [0.4, 0.5) is 8.78 Å². The van der Waals surface area contributed by atoms with Crippen LogP contribution in [0.3, 0.4) is 0 Å². The molecule has 0 aromatic heterocycles. The molecule has 1 saturated heterocycles. The largest absolute Gasteiger partial charge is 0.491 e. The Hall–Kier alpha value is -1.36. The highest BCUT2D eigenvalue weighted by atomic mass is 19.1. The van der Waals surface area contributed by atoms with Crippen LogP contribution in [0.2, 0.25) is 0 Å². The minimum atomic E-state index is -0.771. The second-order valence-electron chi connectivity index (χ2n) is 4.71. The summed E-state index contributed by atoms with van der Waals surface area (Å²) in [5.74, 6) is -1.47. The zero-order valence-corrected chi connectivity index (χ0v) is 11.2. The molecule has 1 aliphatic rings. The van der Waals surface area contributed by atoms with Gasteiger partial charge in [-0.2, -0.15) is 4.39 Å². The lowest BCUT2D eigenvalue weighted by molar-refractivity contribution is 0.131. The Labute approximate surface area is 111 Å². The first-order valence-electron chi connectivity index (χ1n) is 6.56. The third-order valence-corrected chi connectivity index (χ3v) is 3.52. The number of benzene rings is 1. The summed E-state index contributed by atoms with van der Waals surface area (Å²) in [7, 11) is 1.24. The summed E-state index contributed by atoms with van der Waals surface area (Å²) >= 11 is 0. The average Bonchev–Trinajstić information content (AvgIpc) is 2.92. The van der Waals surface area contributed by atoms with Gasteiger partial charge in [0.15, 0.2) is 17.3 Å². The Morgan fingerprint density at radius 2 is 2.21 bits per heavy atom. The maximum atomic E-state index is 14.0. The molecule has 2 atom stereocenters. The van der Waals surface area contributed by atoms with Crippen LogP contribution in [0.5, 0.6) is 11.5 Å².